The summed E-state index contributed by atoms with van der Waals surface area (Å²) in [6.45, 7) is 4.13. The van der Waals surface area contributed by atoms with Crippen LogP contribution in [0, 0.1) is 13.8 Å². The molecule has 1 aliphatic carbocycles. The van der Waals surface area contributed by atoms with Crippen LogP contribution in [0.3, 0.4) is 0 Å². The molecule has 0 spiro atoms. The van der Waals surface area contributed by atoms with Gasteiger partial charge in [-0.1, -0.05) is 61.0 Å². The van der Waals surface area contributed by atoms with Gasteiger partial charge < -0.3 is 9.88 Å². The molecular formula is C24H27N3OS. The zero-order valence-corrected chi connectivity index (χ0v) is 17.8. The topological polar surface area (TPSA) is 46.9 Å². The predicted octanol–water partition coefficient (Wildman–Crippen LogP) is 6.01. The SMILES string of the molecule is Cc1ccc(NC(=O)CSc2ncc(-c3ccccc3)n2C2CCCC2)cc1C. The first-order chi connectivity index (χ1) is 14.1. The van der Waals surface area contributed by atoms with Gasteiger partial charge in [-0.3, -0.25) is 4.79 Å². The summed E-state index contributed by atoms with van der Waals surface area (Å²) in [5.74, 6) is 0.353. The van der Waals surface area contributed by atoms with Gasteiger partial charge in [0, 0.05) is 11.7 Å². The summed E-state index contributed by atoms with van der Waals surface area (Å²) in [5.41, 5.74) is 5.58. The average Bonchev–Trinajstić information content (AvgIpc) is 3.39. The first kappa shape index (κ1) is 19.8. The van der Waals surface area contributed by atoms with Crippen LogP contribution < -0.4 is 5.32 Å². The Labute approximate surface area is 176 Å². The molecule has 1 fully saturated rings. The molecule has 0 unspecified atom stereocenters. The third-order valence-electron chi connectivity index (χ3n) is 5.65. The van der Waals surface area contributed by atoms with Crippen LogP contribution in [0.2, 0.25) is 0 Å². The van der Waals surface area contributed by atoms with Gasteiger partial charge in [0.1, 0.15) is 0 Å². The molecule has 1 N–H and O–H groups in total. The van der Waals surface area contributed by atoms with E-state index in [0.29, 0.717) is 11.8 Å². The van der Waals surface area contributed by atoms with E-state index in [9.17, 15) is 4.79 Å². The Bertz CT molecular complexity index is 991. The van der Waals surface area contributed by atoms with Crippen molar-refractivity contribution < 1.29 is 4.79 Å². The molecule has 0 bridgehead atoms. The summed E-state index contributed by atoms with van der Waals surface area (Å²) < 4.78 is 2.36. The van der Waals surface area contributed by atoms with Crippen molar-refractivity contribution in [1.29, 1.82) is 0 Å². The lowest BCUT2D eigenvalue weighted by atomic mass is 10.1. The van der Waals surface area contributed by atoms with Crippen LogP contribution in [0.4, 0.5) is 5.69 Å². The molecule has 0 saturated heterocycles. The van der Waals surface area contributed by atoms with Gasteiger partial charge >= 0.3 is 0 Å². The van der Waals surface area contributed by atoms with E-state index in [-0.39, 0.29) is 5.91 Å². The third kappa shape index (κ3) is 4.56. The van der Waals surface area contributed by atoms with Gasteiger partial charge in [-0.2, -0.15) is 0 Å². The van der Waals surface area contributed by atoms with Gasteiger partial charge in [-0.25, -0.2) is 4.98 Å². The number of imidazole rings is 1. The van der Waals surface area contributed by atoms with Crippen molar-refractivity contribution in [3.05, 3.63) is 65.9 Å². The molecule has 5 heteroatoms. The molecule has 4 rings (SSSR count). The Hall–Kier alpha value is -2.53. The molecule has 0 atom stereocenters. The standard InChI is InChI=1S/C24H27N3OS/c1-17-12-13-20(14-18(17)2)26-23(28)16-29-24-25-15-22(19-8-4-3-5-9-19)27(24)21-10-6-7-11-21/h3-5,8-9,12-15,21H,6-7,10-11,16H2,1-2H3,(H,26,28). The molecule has 3 aromatic rings. The van der Waals surface area contributed by atoms with E-state index >= 15 is 0 Å². The van der Waals surface area contributed by atoms with Crippen molar-refractivity contribution in [2.24, 2.45) is 0 Å². The number of carbonyl (C=O) groups excluding carboxylic acids is 1. The van der Waals surface area contributed by atoms with Gasteiger partial charge in [-0.05, 0) is 55.5 Å². The predicted molar refractivity (Wildman–Crippen MR) is 120 cm³/mol. The highest BCUT2D eigenvalue weighted by Crippen LogP contribution is 2.37. The van der Waals surface area contributed by atoms with E-state index in [1.807, 2.05) is 30.5 Å². The highest BCUT2D eigenvalue weighted by molar-refractivity contribution is 7.99. The Balaban J connectivity index is 1.50. The number of anilines is 1. The zero-order chi connectivity index (χ0) is 20.2. The summed E-state index contributed by atoms with van der Waals surface area (Å²) >= 11 is 1.52. The van der Waals surface area contributed by atoms with Crippen molar-refractivity contribution in [2.75, 3.05) is 11.1 Å². The Morgan fingerprint density at radius 3 is 2.59 bits per heavy atom. The van der Waals surface area contributed by atoms with E-state index in [1.165, 1.54) is 54.1 Å². The smallest absolute Gasteiger partial charge is 0.234 e. The summed E-state index contributed by atoms with van der Waals surface area (Å²) in [5, 5.41) is 3.95. The van der Waals surface area contributed by atoms with E-state index in [1.54, 1.807) is 0 Å². The van der Waals surface area contributed by atoms with Gasteiger partial charge in [-0.15, -0.1) is 0 Å². The van der Waals surface area contributed by atoms with Crippen molar-refractivity contribution in [2.45, 2.75) is 50.7 Å². The van der Waals surface area contributed by atoms with Crippen molar-refractivity contribution in [3.63, 3.8) is 0 Å². The summed E-state index contributed by atoms with van der Waals surface area (Å²) in [4.78, 5) is 17.2. The van der Waals surface area contributed by atoms with Gasteiger partial charge in [0.15, 0.2) is 5.16 Å². The first-order valence-electron chi connectivity index (χ1n) is 10.2. The monoisotopic (exact) mass is 405 g/mol. The summed E-state index contributed by atoms with van der Waals surface area (Å²) in [6.07, 6.45) is 6.83. The molecular weight excluding hydrogens is 378 g/mol. The number of nitrogens with zero attached hydrogens (tertiary/aromatic N) is 2. The summed E-state index contributed by atoms with van der Waals surface area (Å²) in [7, 11) is 0. The number of carbonyl (C=O) groups is 1. The van der Waals surface area contributed by atoms with Crippen molar-refractivity contribution in [3.8, 4) is 11.3 Å². The molecule has 0 aliphatic heterocycles. The number of hydrogen-bond donors (Lipinski definition) is 1. The van der Waals surface area contributed by atoms with Crippen LogP contribution in [0.1, 0.15) is 42.9 Å². The van der Waals surface area contributed by atoms with Crippen molar-refractivity contribution in [1.82, 2.24) is 9.55 Å². The van der Waals surface area contributed by atoms with E-state index in [4.69, 9.17) is 0 Å². The molecule has 1 aliphatic rings. The zero-order valence-electron chi connectivity index (χ0n) is 17.0. The maximum atomic E-state index is 12.5. The lowest BCUT2D eigenvalue weighted by Gasteiger charge is -2.18. The maximum Gasteiger partial charge on any atom is 0.234 e. The normalized spacial score (nSPS) is 14.3. The van der Waals surface area contributed by atoms with Crippen LogP contribution in [0.25, 0.3) is 11.3 Å². The third-order valence-corrected chi connectivity index (χ3v) is 6.61. The molecule has 1 heterocycles. The lowest BCUT2D eigenvalue weighted by Crippen LogP contribution is -2.15. The van der Waals surface area contributed by atoms with Crippen LogP contribution >= 0.6 is 11.8 Å². The second-order valence-electron chi connectivity index (χ2n) is 7.74. The number of aromatic nitrogens is 2. The van der Waals surface area contributed by atoms with E-state index in [0.717, 1.165) is 16.5 Å². The minimum atomic E-state index is 0.000450. The molecule has 2 aromatic carbocycles. The summed E-state index contributed by atoms with van der Waals surface area (Å²) in [6, 6.07) is 16.9. The quantitative estimate of drug-likeness (QED) is 0.511. The number of nitrogens with one attached hydrogen (secondary N) is 1. The van der Waals surface area contributed by atoms with E-state index < -0.39 is 0 Å². The second kappa shape index (κ2) is 8.87. The number of amides is 1. The lowest BCUT2D eigenvalue weighted by molar-refractivity contribution is -0.113. The number of thioether (sulfide) groups is 1. The highest BCUT2D eigenvalue weighted by atomic mass is 32.2. The Morgan fingerprint density at radius 2 is 1.86 bits per heavy atom. The minimum Gasteiger partial charge on any atom is -0.325 e. The number of hydrogen-bond acceptors (Lipinski definition) is 3. The van der Waals surface area contributed by atoms with Crippen LogP contribution in [-0.2, 0) is 4.79 Å². The first-order valence-corrected chi connectivity index (χ1v) is 11.2. The Kier molecular flexibility index (Phi) is 6.05. The maximum absolute atomic E-state index is 12.5. The molecule has 0 radical (unpaired) electrons. The molecule has 29 heavy (non-hydrogen) atoms. The van der Waals surface area contributed by atoms with Gasteiger partial charge in [0.05, 0.1) is 17.6 Å². The molecule has 4 nitrogen and oxygen atoms in total. The molecule has 1 aromatic heterocycles. The van der Waals surface area contributed by atoms with Gasteiger partial charge in [0.25, 0.3) is 0 Å². The average molecular weight is 406 g/mol. The van der Waals surface area contributed by atoms with Crippen LogP contribution in [0.15, 0.2) is 59.9 Å². The fourth-order valence-corrected chi connectivity index (χ4v) is 4.78. The minimum absolute atomic E-state index is 0.000450. The molecule has 1 amide bonds. The molecule has 1 saturated carbocycles. The highest BCUT2D eigenvalue weighted by Gasteiger charge is 2.24. The molecule has 150 valence electrons. The number of benzene rings is 2. The fraction of sp³-hybridized carbons (Fsp3) is 0.333. The van der Waals surface area contributed by atoms with Crippen LogP contribution in [0.5, 0.6) is 0 Å². The van der Waals surface area contributed by atoms with Crippen molar-refractivity contribution >= 4 is 23.4 Å². The largest absolute Gasteiger partial charge is 0.325 e. The Morgan fingerprint density at radius 1 is 1.10 bits per heavy atom. The second-order valence-corrected chi connectivity index (χ2v) is 8.68. The number of rotatable bonds is 6. The van der Waals surface area contributed by atoms with E-state index in [2.05, 4.69) is 53.0 Å². The van der Waals surface area contributed by atoms with Crippen LogP contribution in [-0.4, -0.2) is 21.2 Å². The van der Waals surface area contributed by atoms with Gasteiger partial charge in [0.2, 0.25) is 5.91 Å². The number of aryl methyl sites for hydroxylation is 2. The fourth-order valence-electron chi connectivity index (χ4n) is 3.93.